The molecule has 0 spiro atoms. The van der Waals surface area contributed by atoms with Crippen LogP contribution >= 0.6 is 0 Å². The second-order valence-electron chi connectivity index (χ2n) is 8.87. The highest BCUT2D eigenvalue weighted by Crippen LogP contribution is 2.41. The number of ketones is 1. The number of aromatic nitrogens is 1. The third kappa shape index (κ3) is 5.93. The Morgan fingerprint density at radius 3 is 2.17 bits per heavy atom. The van der Waals surface area contributed by atoms with Crippen LogP contribution < -0.4 is 15.2 Å². The van der Waals surface area contributed by atoms with E-state index in [4.69, 9.17) is 15.2 Å². The molecule has 4 aromatic rings. The highest BCUT2D eigenvalue weighted by molar-refractivity contribution is 6.22. The Balaban J connectivity index is 2.01. The Kier molecular flexibility index (Phi) is 8.13. The monoisotopic (exact) mass is 553 g/mol. The van der Waals surface area contributed by atoms with E-state index >= 15 is 0 Å². The molecule has 0 fully saturated rings. The van der Waals surface area contributed by atoms with Gasteiger partial charge >= 0.3 is 6.18 Å². The Bertz CT molecular complexity index is 1570. The summed E-state index contributed by atoms with van der Waals surface area (Å²) in [4.78, 5) is 28.0. The van der Waals surface area contributed by atoms with E-state index in [9.17, 15) is 27.9 Å². The van der Waals surface area contributed by atoms with Crippen LogP contribution in [0.4, 0.5) is 13.2 Å². The van der Waals surface area contributed by atoms with Crippen LogP contribution in [0.15, 0.2) is 71.7 Å². The first-order valence-electron chi connectivity index (χ1n) is 12.1. The van der Waals surface area contributed by atoms with Gasteiger partial charge in [0.2, 0.25) is 11.8 Å². The smallest absolute Gasteiger partial charge is 0.416 e. The van der Waals surface area contributed by atoms with Gasteiger partial charge in [-0.25, -0.2) is 0 Å². The number of aliphatic imine (C=N–C) groups is 1. The van der Waals surface area contributed by atoms with Crippen LogP contribution in [0.5, 0.6) is 17.4 Å². The lowest BCUT2D eigenvalue weighted by Gasteiger charge is -2.13. The maximum atomic E-state index is 13.8. The predicted octanol–water partition coefficient (Wildman–Crippen LogP) is 5.04. The number of hydrogen-bond acceptors (Lipinski definition) is 6. The van der Waals surface area contributed by atoms with Crippen LogP contribution in [0.1, 0.15) is 29.5 Å². The highest BCUT2D eigenvalue weighted by Gasteiger charge is 2.32. The van der Waals surface area contributed by atoms with Gasteiger partial charge in [0.25, 0.3) is 0 Å². The molecule has 4 rings (SSSR count). The quantitative estimate of drug-likeness (QED) is 0.267. The zero-order chi connectivity index (χ0) is 29.0. The molecule has 0 bridgehead atoms. The van der Waals surface area contributed by atoms with E-state index in [0.29, 0.717) is 17.1 Å². The van der Waals surface area contributed by atoms with Gasteiger partial charge in [0.15, 0.2) is 5.78 Å². The topological polar surface area (TPSA) is 116 Å². The molecule has 0 saturated carbocycles. The molecule has 11 heteroatoms. The van der Waals surface area contributed by atoms with Crippen molar-refractivity contribution in [3.05, 3.63) is 83.4 Å². The SMILES string of the molecule is COc1cc(OC)cc(-n2c(O)c(C(=NCC(=O)CCC(N)=O)c3ccccc3)c3ccc(C(F)(F)F)cc32)c1. The van der Waals surface area contributed by atoms with Gasteiger partial charge in [-0.1, -0.05) is 36.4 Å². The van der Waals surface area contributed by atoms with Crippen molar-refractivity contribution in [3.63, 3.8) is 0 Å². The number of carbonyl (C=O) groups excluding carboxylic acids is 2. The number of methoxy groups -OCH3 is 2. The van der Waals surface area contributed by atoms with E-state index in [1.54, 1.807) is 48.5 Å². The molecule has 40 heavy (non-hydrogen) atoms. The van der Waals surface area contributed by atoms with Crippen molar-refractivity contribution in [2.24, 2.45) is 10.7 Å². The number of aromatic hydroxyl groups is 1. The van der Waals surface area contributed by atoms with Crippen molar-refractivity contribution in [2.45, 2.75) is 19.0 Å². The Hall–Kier alpha value is -4.80. The first kappa shape index (κ1) is 28.2. The minimum Gasteiger partial charge on any atom is -0.497 e. The summed E-state index contributed by atoms with van der Waals surface area (Å²) in [5.74, 6) is -0.707. The van der Waals surface area contributed by atoms with Gasteiger partial charge in [0.05, 0.1) is 48.8 Å². The fourth-order valence-corrected chi connectivity index (χ4v) is 4.29. The summed E-state index contributed by atoms with van der Waals surface area (Å²) in [5, 5.41) is 11.9. The summed E-state index contributed by atoms with van der Waals surface area (Å²) in [5.41, 5.74) is 5.37. The molecule has 0 radical (unpaired) electrons. The lowest BCUT2D eigenvalue weighted by molar-refractivity contribution is -0.137. The largest absolute Gasteiger partial charge is 0.497 e. The first-order chi connectivity index (χ1) is 19.0. The summed E-state index contributed by atoms with van der Waals surface area (Å²) >= 11 is 0. The van der Waals surface area contributed by atoms with Gasteiger partial charge in [-0.2, -0.15) is 13.2 Å². The summed E-state index contributed by atoms with van der Waals surface area (Å²) < 4.78 is 53.2. The molecule has 1 amide bonds. The molecule has 8 nitrogen and oxygen atoms in total. The fourth-order valence-electron chi connectivity index (χ4n) is 4.29. The number of halogens is 3. The second-order valence-corrected chi connectivity index (χ2v) is 8.87. The molecule has 1 aromatic heterocycles. The Morgan fingerprint density at radius 2 is 1.60 bits per heavy atom. The maximum absolute atomic E-state index is 13.8. The zero-order valence-corrected chi connectivity index (χ0v) is 21.7. The predicted molar refractivity (Wildman–Crippen MR) is 143 cm³/mol. The summed E-state index contributed by atoms with van der Waals surface area (Å²) in [6, 6.07) is 16.4. The van der Waals surface area contributed by atoms with E-state index in [2.05, 4.69) is 4.99 Å². The van der Waals surface area contributed by atoms with E-state index in [1.165, 1.54) is 24.9 Å². The number of benzene rings is 3. The lowest BCUT2D eigenvalue weighted by atomic mass is 10.00. The van der Waals surface area contributed by atoms with Gasteiger partial charge in [-0.3, -0.25) is 19.1 Å². The number of carbonyl (C=O) groups is 2. The number of nitrogens with zero attached hydrogens (tertiary/aromatic N) is 2. The van der Waals surface area contributed by atoms with Gasteiger partial charge in [-0.05, 0) is 12.1 Å². The number of alkyl halides is 3. The van der Waals surface area contributed by atoms with Gasteiger partial charge < -0.3 is 20.3 Å². The lowest BCUT2D eigenvalue weighted by Crippen LogP contribution is -2.15. The van der Waals surface area contributed by atoms with Crippen molar-refractivity contribution < 1.29 is 37.3 Å². The molecule has 0 atom stereocenters. The van der Waals surface area contributed by atoms with E-state index in [-0.39, 0.29) is 53.0 Å². The molecule has 0 aliphatic carbocycles. The normalized spacial score (nSPS) is 12.0. The van der Waals surface area contributed by atoms with E-state index < -0.39 is 23.5 Å². The van der Waals surface area contributed by atoms with Crippen LogP contribution in [0.2, 0.25) is 0 Å². The molecule has 3 aromatic carbocycles. The van der Waals surface area contributed by atoms with Crippen LogP contribution in [0, 0.1) is 0 Å². The average molecular weight is 554 g/mol. The summed E-state index contributed by atoms with van der Waals surface area (Å²) in [7, 11) is 2.85. The minimum atomic E-state index is -4.64. The Morgan fingerprint density at radius 1 is 0.950 bits per heavy atom. The van der Waals surface area contributed by atoms with Gasteiger partial charge in [0.1, 0.15) is 11.5 Å². The summed E-state index contributed by atoms with van der Waals surface area (Å²) in [6.07, 6.45) is -4.90. The molecule has 0 saturated heterocycles. The van der Waals surface area contributed by atoms with Crippen molar-refractivity contribution in [2.75, 3.05) is 20.8 Å². The molecule has 0 unspecified atom stereocenters. The third-order valence-electron chi connectivity index (χ3n) is 6.21. The number of hydrogen-bond donors (Lipinski definition) is 2. The number of ether oxygens (including phenoxy) is 2. The Labute approximate surface area is 227 Å². The average Bonchev–Trinajstić information content (AvgIpc) is 3.22. The number of nitrogens with two attached hydrogens (primary N) is 1. The first-order valence-corrected chi connectivity index (χ1v) is 12.1. The van der Waals surface area contributed by atoms with Crippen LogP contribution in [0.25, 0.3) is 16.6 Å². The third-order valence-corrected chi connectivity index (χ3v) is 6.21. The number of primary amides is 1. The van der Waals surface area contributed by atoms with Crippen molar-refractivity contribution >= 4 is 28.3 Å². The standard InChI is InChI=1S/C29H26F3N3O5/c1-39-21-13-19(14-22(15-21)40-2)35-24-12-18(29(30,31)32)8-10-23(24)26(28(35)38)27(17-6-4-3-5-7-17)34-16-20(36)9-11-25(33)37/h3-8,10,12-15,38H,9,11,16H2,1-2H3,(H2,33,37). The number of Topliss-reactive ketones (excluding diaryl/α,β-unsaturated/α-hetero) is 1. The van der Waals surface area contributed by atoms with Crippen molar-refractivity contribution in [3.8, 4) is 23.1 Å². The van der Waals surface area contributed by atoms with Crippen molar-refractivity contribution in [1.82, 2.24) is 4.57 Å². The van der Waals surface area contributed by atoms with Crippen LogP contribution in [-0.4, -0.2) is 47.8 Å². The summed E-state index contributed by atoms with van der Waals surface area (Å²) in [6.45, 7) is -0.336. The second kappa shape index (κ2) is 11.5. The highest BCUT2D eigenvalue weighted by atomic mass is 19.4. The van der Waals surface area contributed by atoms with E-state index in [1.807, 2.05) is 0 Å². The van der Waals surface area contributed by atoms with Gasteiger partial charge in [0, 0.05) is 42.0 Å². The van der Waals surface area contributed by atoms with Crippen LogP contribution in [-0.2, 0) is 15.8 Å². The minimum absolute atomic E-state index is 0.0429. The van der Waals surface area contributed by atoms with Crippen LogP contribution in [0.3, 0.4) is 0 Å². The molecule has 208 valence electrons. The number of amides is 1. The molecular formula is C29H26F3N3O5. The van der Waals surface area contributed by atoms with E-state index in [0.717, 1.165) is 12.1 Å². The molecule has 1 heterocycles. The maximum Gasteiger partial charge on any atom is 0.416 e. The fraction of sp³-hybridized carbons (Fsp3) is 0.207. The number of rotatable bonds is 10. The molecule has 0 aliphatic rings. The molecular weight excluding hydrogens is 527 g/mol. The zero-order valence-electron chi connectivity index (χ0n) is 21.7. The molecule has 3 N–H and O–H groups in total. The molecule has 0 aliphatic heterocycles. The van der Waals surface area contributed by atoms with Gasteiger partial charge in [-0.15, -0.1) is 0 Å². The number of fused-ring (bicyclic) bond motifs is 1. The van der Waals surface area contributed by atoms with Crippen molar-refractivity contribution in [1.29, 1.82) is 0 Å².